The summed E-state index contributed by atoms with van der Waals surface area (Å²) in [4.78, 5) is 16.8. The number of aromatic nitrogens is 3. The number of nitrogens with one attached hydrogen (secondary N) is 1. The van der Waals surface area contributed by atoms with Gasteiger partial charge in [0.05, 0.1) is 12.0 Å². The second-order valence-electron chi connectivity index (χ2n) is 5.77. The topological polar surface area (TPSA) is 85.8 Å². The smallest absolute Gasteiger partial charge is 0.225 e. The maximum Gasteiger partial charge on any atom is 0.225 e. The molecule has 6 nitrogen and oxygen atoms in total. The molecule has 2 aromatic rings. The van der Waals surface area contributed by atoms with E-state index >= 15 is 0 Å². The van der Waals surface area contributed by atoms with Crippen LogP contribution in [0, 0.1) is 5.92 Å². The van der Waals surface area contributed by atoms with Crippen molar-refractivity contribution in [2.24, 2.45) is 11.7 Å². The van der Waals surface area contributed by atoms with Crippen LogP contribution in [0.25, 0.3) is 0 Å². The number of amides is 1. The number of benzene rings is 1. The minimum absolute atomic E-state index is 0. The molecular formula is C16H23Cl2N5O. The van der Waals surface area contributed by atoms with Crippen LogP contribution in [0.3, 0.4) is 0 Å². The fourth-order valence-electron chi connectivity index (χ4n) is 2.86. The molecule has 1 aliphatic heterocycles. The molecule has 1 aromatic heterocycles. The van der Waals surface area contributed by atoms with Gasteiger partial charge in [0, 0.05) is 12.6 Å². The Morgan fingerprint density at radius 3 is 2.75 bits per heavy atom. The highest BCUT2D eigenvalue weighted by Gasteiger charge is 2.28. The van der Waals surface area contributed by atoms with E-state index in [1.165, 1.54) is 0 Å². The average Bonchev–Trinajstić information content (AvgIpc) is 3.04. The largest absolute Gasteiger partial charge is 0.346 e. The van der Waals surface area contributed by atoms with Gasteiger partial charge in [0.2, 0.25) is 5.91 Å². The van der Waals surface area contributed by atoms with Gasteiger partial charge in [-0.05, 0) is 18.4 Å². The maximum absolute atomic E-state index is 12.5. The van der Waals surface area contributed by atoms with Crippen molar-refractivity contribution in [1.82, 2.24) is 20.1 Å². The maximum atomic E-state index is 12.5. The SMILES string of the molecule is CC(C(=O)NC1CCCn2ncnc21)C(N)c1ccccc1.Cl.Cl. The summed E-state index contributed by atoms with van der Waals surface area (Å²) in [7, 11) is 0. The van der Waals surface area contributed by atoms with Crippen LogP contribution in [0.15, 0.2) is 36.7 Å². The third kappa shape index (κ3) is 4.26. The van der Waals surface area contributed by atoms with Gasteiger partial charge < -0.3 is 11.1 Å². The van der Waals surface area contributed by atoms with Crippen LogP contribution in [0.5, 0.6) is 0 Å². The Morgan fingerprint density at radius 2 is 2.04 bits per heavy atom. The minimum atomic E-state index is -0.317. The molecule has 0 saturated carbocycles. The summed E-state index contributed by atoms with van der Waals surface area (Å²) < 4.78 is 1.86. The van der Waals surface area contributed by atoms with Gasteiger partial charge in [-0.15, -0.1) is 24.8 Å². The van der Waals surface area contributed by atoms with Crippen molar-refractivity contribution in [2.75, 3.05) is 0 Å². The Labute approximate surface area is 154 Å². The third-order valence-electron chi connectivity index (χ3n) is 4.27. The molecule has 0 radical (unpaired) electrons. The molecule has 0 bridgehead atoms. The Bertz CT molecular complexity index is 649. The molecule has 3 unspecified atom stereocenters. The van der Waals surface area contributed by atoms with E-state index in [0.717, 1.165) is 30.8 Å². The first-order valence-corrected chi connectivity index (χ1v) is 7.65. The second kappa shape index (κ2) is 9.01. The lowest BCUT2D eigenvalue weighted by Gasteiger charge is -2.26. The molecule has 0 spiro atoms. The van der Waals surface area contributed by atoms with Gasteiger partial charge in [0.15, 0.2) is 0 Å². The van der Waals surface area contributed by atoms with Crippen LogP contribution >= 0.6 is 24.8 Å². The zero-order valence-electron chi connectivity index (χ0n) is 13.5. The summed E-state index contributed by atoms with van der Waals surface area (Å²) in [6.45, 7) is 2.72. The molecule has 1 aromatic carbocycles. The van der Waals surface area contributed by atoms with Crippen LogP contribution in [0.4, 0.5) is 0 Å². The van der Waals surface area contributed by atoms with Crippen LogP contribution < -0.4 is 11.1 Å². The summed E-state index contributed by atoms with van der Waals surface area (Å²) in [5.74, 6) is 0.485. The fourth-order valence-corrected chi connectivity index (χ4v) is 2.86. The predicted octanol–water partition coefficient (Wildman–Crippen LogP) is 2.41. The predicted molar refractivity (Wildman–Crippen MR) is 97.2 cm³/mol. The highest BCUT2D eigenvalue weighted by atomic mass is 35.5. The van der Waals surface area contributed by atoms with Gasteiger partial charge >= 0.3 is 0 Å². The van der Waals surface area contributed by atoms with Gasteiger partial charge in [-0.3, -0.25) is 4.79 Å². The van der Waals surface area contributed by atoms with Crippen molar-refractivity contribution < 1.29 is 4.79 Å². The lowest BCUT2D eigenvalue weighted by Crippen LogP contribution is -2.39. The van der Waals surface area contributed by atoms with Crippen molar-refractivity contribution in [1.29, 1.82) is 0 Å². The molecule has 1 amide bonds. The molecule has 0 aliphatic carbocycles. The zero-order chi connectivity index (χ0) is 15.5. The molecule has 8 heteroatoms. The fraction of sp³-hybridized carbons (Fsp3) is 0.438. The van der Waals surface area contributed by atoms with Crippen molar-refractivity contribution in [2.45, 2.75) is 38.4 Å². The summed E-state index contributed by atoms with van der Waals surface area (Å²) in [6, 6.07) is 9.32. The van der Waals surface area contributed by atoms with Gasteiger partial charge in [-0.25, -0.2) is 9.67 Å². The highest BCUT2D eigenvalue weighted by molar-refractivity contribution is 5.85. The number of nitrogens with zero attached hydrogens (tertiary/aromatic N) is 3. The van der Waals surface area contributed by atoms with Gasteiger partial charge in [0.1, 0.15) is 12.2 Å². The molecule has 2 heterocycles. The van der Waals surface area contributed by atoms with E-state index in [1.54, 1.807) is 6.33 Å². The summed E-state index contributed by atoms with van der Waals surface area (Å²) in [6.07, 6.45) is 3.41. The first kappa shape index (κ1) is 20.4. The highest BCUT2D eigenvalue weighted by Crippen LogP contribution is 2.24. The first-order chi connectivity index (χ1) is 10.7. The summed E-state index contributed by atoms with van der Waals surface area (Å²) >= 11 is 0. The number of hydrogen-bond donors (Lipinski definition) is 2. The van der Waals surface area contributed by atoms with Gasteiger partial charge in [-0.2, -0.15) is 5.10 Å². The third-order valence-corrected chi connectivity index (χ3v) is 4.27. The van der Waals surface area contributed by atoms with Gasteiger partial charge in [0.25, 0.3) is 0 Å². The van der Waals surface area contributed by atoms with Crippen molar-refractivity contribution in [3.63, 3.8) is 0 Å². The Morgan fingerprint density at radius 1 is 1.33 bits per heavy atom. The van der Waals surface area contributed by atoms with E-state index in [1.807, 2.05) is 41.9 Å². The lowest BCUT2D eigenvalue weighted by atomic mass is 9.94. The molecule has 132 valence electrons. The number of carbonyl (C=O) groups excluding carboxylic acids is 1. The molecule has 3 atom stereocenters. The summed E-state index contributed by atoms with van der Waals surface area (Å²) in [5.41, 5.74) is 7.19. The number of nitrogens with two attached hydrogens (primary N) is 1. The Hall–Kier alpha value is -1.63. The number of rotatable bonds is 4. The summed E-state index contributed by atoms with van der Waals surface area (Å²) in [5, 5.41) is 7.24. The van der Waals surface area contributed by atoms with E-state index in [0.29, 0.717) is 0 Å². The normalized spacial score (nSPS) is 18.3. The van der Waals surface area contributed by atoms with Crippen molar-refractivity contribution in [3.05, 3.63) is 48.0 Å². The van der Waals surface area contributed by atoms with Crippen LogP contribution in [0.1, 0.15) is 43.2 Å². The number of fused-ring (bicyclic) bond motifs is 1. The average molecular weight is 372 g/mol. The second-order valence-corrected chi connectivity index (χ2v) is 5.77. The molecular weight excluding hydrogens is 349 g/mol. The minimum Gasteiger partial charge on any atom is -0.346 e. The van der Waals surface area contributed by atoms with E-state index in [4.69, 9.17) is 5.73 Å². The van der Waals surface area contributed by atoms with Crippen molar-refractivity contribution in [3.8, 4) is 0 Å². The van der Waals surface area contributed by atoms with E-state index < -0.39 is 0 Å². The number of carbonyl (C=O) groups is 1. The van der Waals surface area contributed by atoms with E-state index in [2.05, 4.69) is 15.4 Å². The monoisotopic (exact) mass is 371 g/mol. The zero-order valence-corrected chi connectivity index (χ0v) is 15.1. The Kier molecular flexibility index (Phi) is 7.66. The Balaban J connectivity index is 0.00000144. The molecule has 3 rings (SSSR count). The van der Waals surface area contributed by atoms with Crippen LogP contribution in [-0.2, 0) is 11.3 Å². The van der Waals surface area contributed by atoms with E-state index in [-0.39, 0.29) is 48.7 Å². The molecule has 0 fully saturated rings. The lowest BCUT2D eigenvalue weighted by molar-refractivity contribution is -0.126. The van der Waals surface area contributed by atoms with E-state index in [9.17, 15) is 4.79 Å². The van der Waals surface area contributed by atoms with Gasteiger partial charge in [-0.1, -0.05) is 37.3 Å². The first-order valence-electron chi connectivity index (χ1n) is 7.65. The molecule has 3 N–H and O–H groups in total. The number of halogens is 2. The standard InChI is InChI=1S/C16H21N5O.2ClH/c1-11(14(17)12-6-3-2-4-7-12)16(22)20-13-8-5-9-21-15(13)18-10-19-21;;/h2-4,6-7,10-11,13-14H,5,8-9,17H2,1H3,(H,20,22);2*1H. The number of aryl methyl sites for hydroxylation is 1. The molecule has 24 heavy (non-hydrogen) atoms. The van der Waals surface area contributed by atoms with Crippen LogP contribution in [-0.4, -0.2) is 20.7 Å². The quantitative estimate of drug-likeness (QED) is 0.863. The molecule has 1 aliphatic rings. The van der Waals surface area contributed by atoms with Crippen molar-refractivity contribution >= 4 is 30.7 Å². The number of hydrogen-bond acceptors (Lipinski definition) is 4. The molecule has 0 saturated heterocycles. The van der Waals surface area contributed by atoms with Crippen LogP contribution in [0.2, 0.25) is 0 Å².